The van der Waals surface area contributed by atoms with Gasteiger partial charge in [0, 0.05) is 5.56 Å². The number of aryl methyl sites for hydroxylation is 1. The Hall–Kier alpha value is -3.59. The summed E-state index contributed by atoms with van der Waals surface area (Å²) in [5.41, 5.74) is 1.52. The molecule has 0 unspecified atom stereocenters. The van der Waals surface area contributed by atoms with Gasteiger partial charge in [-0.3, -0.25) is 0 Å². The van der Waals surface area contributed by atoms with E-state index in [1.54, 1.807) is 0 Å². The zero-order valence-corrected chi connectivity index (χ0v) is 17.0. The van der Waals surface area contributed by atoms with Gasteiger partial charge in [0.1, 0.15) is 17.4 Å². The van der Waals surface area contributed by atoms with Crippen LogP contribution in [0, 0.1) is 23.5 Å². The molecule has 6 heteroatoms. The Morgan fingerprint density at radius 1 is 0.875 bits per heavy atom. The topological polar surface area (TPSA) is 9.23 Å². The number of allylic oxidation sites excluding steroid dienone is 1. The van der Waals surface area contributed by atoms with Gasteiger partial charge in [0.05, 0.1) is 11.1 Å². The van der Waals surface area contributed by atoms with E-state index in [1.807, 2.05) is 30.3 Å². The molecule has 0 aromatic heterocycles. The summed E-state index contributed by atoms with van der Waals surface area (Å²) in [6.45, 7) is 3.69. The highest BCUT2D eigenvalue weighted by Crippen LogP contribution is 2.31. The molecule has 0 bridgehead atoms. The van der Waals surface area contributed by atoms with Gasteiger partial charge in [-0.15, -0.1) is 19.8 Å². The highest BCUT2D eigenvalue weighted by Gasteiger charge is 2.31. The highest BCUT2D eigenvalue weighted by molar-refractivity contribution is 5.68. The van der Waals surface area contributed by atoms with E-state index in [9.17, 15) is 22.0 Å². The molecular weight excluding hydrogens is 423 g/mol. The van der Waals surface area contributed by atoms with E-state index < -0.39 is 23.7 Å². The van der Waals surface area contributed by atoms with Crippen LogP contribution in [-0.2, 0) is 6.42 Å². The molecule has 0 heterocycles. The Kier molecular flexibility index (Phi) is 7.32. The summed E-state index contributed by atoms with van der Waals surface area (Å²) in [4.78, 5) is 0. The van der Waals surface area contributed by atoms with E-state index in [4.69, 9.17) is 0 Å². The average Bonchev–Trinajstić information content (AvgIpc) is 2.74. The van der Waals surface area contributed by atoms with Crippen LogP contribution in [0.1, 0.15) is 29.5 Å². The van der Waals surface area contributed by atoms with E-state index >= 15 is 0 Å². The van der Waals surface area contributed by atoms with Crippen LogP contribution in [0.3, 0.4) is 0 Å². The van der Waals surface area contributed by atoms with E-state index in [1.165, 1.54) is 6.07 Å². The second kappa shape index (κ2) is 10.1. The minimum atomic E-state index is -4.85. The summed E-state index contributed by atoms with van der Waals surface area (Å²) in [5, 5.41) is 0. The first-order valence-electron chi connectivity index (χ1n) is 9.83. The number of benzene rings is 3. The van der Waals surface area contributed by atoms with Crippen molar-refractivity contribution in [2.75, 3.05) is 0 Å². The fourth-order valence-electron chi connectivity index (χ4n) is 3.08. The quantitative estimate of drug-likeness (QED) is 0.167. The number of unbranched alkanes of at least 4 members (excludes halogenated alkanes) is 1. The predicted molar refractivity (Wildman–Crippen MR) is 114 cm³/mol. The summed E-state index contributed by atoms with van der Waals surface area (Å²) in [5.74, 6) is 3.35. The lowest BCUT2D eigenvalue weighted by atomic mass is 10.0. The molecule has 0 aliphatic carbocycles. The molecule has 0 saturated heterocycles. The third kappa shape index (κ3) is 6.21. The van der Waals surface area contributed by atoms with Crippen molar-refractivity contribution in [2.24, 2.45) is 0 Å². The van der Waals surface area contributed by atoms with Crippen molar-refractivity contribution in [3.05, 3.63) is 102 Å². The first kappa shape index (κ1) is 23.1. The van der Waals surface area contributed by atoms with E-state index in [2.05, 4.69) is 23.2 Å². The van der Waals surface area contributed by atoms with Crippen molar-refractivity contribution < 1.29 is 26.7 Å². The first-order chi connectivity index (χ1) is 15.3. The molecule has 0 aliphatic heterocycles. The molecule has 3 aromatic rings. The predicted octanol–water partition coefficient (Wildman–Crippen LogP) is 7.44. The lowest BCUT2D eigenvalue weighted by Gasteiger charge is -2.10. The lowest BCUT2D eigenvalue weighted by Crippen LogP contribution is -2.16. The van der Waals surface area contributed by atoms with Crippen molar-refractivity contribution in [2.45, 2.75) is 25.6 Å². The van der Waals surface area contributed by atoms with Crippen LogP contribution >= 0.6 is 0 Å². The second-order valence-electron chi connectivity index (χ2n) is 6.98. The summed E-state index contributed by atoms with van der Waals surface area (Å²) in [6, 6.07) is 14.2. The molecule has 164 valence electrons. The fraction of sp³-hybridized carbons (Fsp3) is 0.154. The SMILES string of the molecule is C=CCCCc1ccc(C#Cc2ccc(F)c(-c3ccc(OC(F)(F)F)cc3)c2F)cc1. The highest BCUT2D eigenvalue weighted by atomic mass is 19.4. The molecular formula is C26H19F5O. The van der Waals surface area contributed by atoms with Crippen LogP contribution in [0.4, 0.5) is 22.0 Å². The third-order valence-electron chi connectivity index (χ3n) is 4.64. The fourth-order valence-corrected chi connectivity index (χ4v) is 3.08. The van der Waals surface area contributed by atoms with Gasteiger partial charge in [-0.1, -0.05) is 42.2 Å². The number of ether oxygens (including phenoxy) is 1. The largest absolute Gasteiger partial charge is 0.573 e. The van der Waals surface area contributed by atoms with Crippen LogP contribution in [0.15, 0.2) is 73.3 Å². The molecule has 0 amide bonds. The number of alkyl halides is 3. The van der Waals surface area contributed by atoms with Crippen molar-refractivity contribution >= 4 is 0 Å². The molecule has 0 fully saturated rings. The lowest BCUT2D eigenvalue weighted by molar-refractivity contribution is -0.274. The average molecular weight is 442 g/mol. The Labute approximate surface area is 183 Å². The Bertz CT molecular complexity index is 1130. The van der Waals surface area contributed by atoms with Gasteiger partial charge in [0.25, 0.3) is 0 Å². The summed E-state index contributed by atoms with van der Waals surface area (Å²) >= 11 is 0. The van der Waals surface area contributed by atoms with Crippen LogP contribution in [0.2, 0.25) is 0 Å². The normalized spacial score (nSPS) is 10.9. The smallest absolute Gasteiger partial charge is 0.406 e. The maximum atomic E-state index is 15.0. The maximum absolute atomic E-state index is 15.0. The van der Waals surface area contributed by atoms with Gasteiger partial charge in [0.2, 0.25) is 0 Å². The Morgan fingerprint density at radius 2 is 1.56 bits per heavy atom. The second-order valence-corrected chi connectivity index (χ2v) is 6.98. The number of halogens is 5. The van der Waals surface area contributed by atoms with Crippen molar-refractivity contribution in [3.63, 3.8) is 0 Å². The number of hydrogen-bond acceptors (Lipinski definition) is 1. The van der Waals surface area contributed by atoms with Crippen LogP contribution in [-0.4, -0.2) is 6.36 Å². The van der Waals surface area contributed by atoms with E-state index in [0.29, 0.717) is 5.56 Å². The molecule has 32 heavy (non-hydrogen) atoms. The van der Waals surface area contributed by atoms with Gasteiger partial charge in [-0.05, 0) is 66.8 Å². The molecule has 0 atom stereocenters. The summed E-state index contributed by atoms with van der Waals surface area (Å²) < 4.78 is 70.0. The van der Waals surface area contributed by atoms with Crippen molar-refractivity contribution in [1.82, 2.24) is 0 Å². The van der Waals surface area contributed by atoms with Crippen LogP contribution in [0.25, 0.3) is 11.1 Å². The molecule has 3 aromatic carbocycles. The molecule has 0 aliphatic rings. The zero-order valence-electron chi connectivity index (χ0n) is 17.0. The monoisotopic (exact) mass is 442 g/mol. The van der Waals surface area contributed by atoms with E-state index in [0.717, 1.165) is 55.2 Å². The van der Waals surface area contributed by atoms with Gasteiger partial charge in [-0.2, -0.15) is 0 Å². The molecule has 0 N–H and O–H groups in total. The van der Waals surface area contributed by atoms with Crippen LogP contribution < -0.4 is 4.74 Å². The number of rotatable bonds is 6. The molecule has 3 rings (SSSR count). The molecule has 0 radical (unpaired) electrons. The van der Waals surface area contributed by atoms with Gasteiger partial charge in [0.15, 0.2) is 0 Å². The molecule has 1 nitrogen and oxygen atoms in total. The van der Waals surface area contributed by atoms with Gasteiger partial charge < -0.3 is 4.74 Å². The molecule has 0 spiro atoms. The van der Waals surface area contributed by atoms with Gasteiger partial charge in [-0.25, -0.2) is 8.78 Å². The molecule has 0 saturated carbocycles. The Morgan fingerprint density at radius 3 is 2.19 bits per heavy atom. The van der Waals surface area contributed by atoms with Gasteiger partial charge >= 0.3 is 6.36 Å². The minimum absolute atomic E-state index is 0.0212. The first-order valence-corrected chi connectivity index (χ1v) is 9.83. The number of hydrogen-bond donors (Lipinski definition) is 0. The standard InChI is InChI=1S/C26H19F5O/c1-2-3-4-5-18-6-8-19(9-7-18)10-11-21-14-17-23(27)24(25(21)28)20-12-15-22(16-13-20)32-26(29,30)31/h2,6-9,12-17H,1,3-5H2. The summed E-state index contributed by atoms with van der Waals surface area (Å²) in [6.07, 6.45) is -0.122. The van der Waals surface area contributed by atoms with Crippen LogP contribution in [0.5, 0.6) is 5.75 Å². The van der Waals surface area contributed by atoms with Crippen molar-refractivity contribution in [3.8, 4) is 28.7 Å². The minimum Gasteiger partial charge on any atom is -0.406 e. The Balaban J connectivity index is 1.82. The van der Waals surface area contributed by atoms with Crippen molar-refractivity contribution in [1.29, 1.82) is 0 Å². The zero-order chi connectivity index (χ0) is 23.1. The third-order valence-corrected chi connectivity index (χ3v) is 4.64. The van der Waals surface area contributed by atoms with E-state index in [-0.39, 0.29) is 16.7 Å². The summed E-state index contributed by atoms with van der Waals surface area (Å²) in [7, 11) is 0. The maximum Gasteiger partial charge on any atom is 0.573 e.